The highest BCUT2D eigenvalue weighted by Gasteiger charge is 2.49. The molecular formula is C14H18BClO2. The Morgan fingerprint density at radius 3 is 2.17 bits per heavy atom. The molecule has 0 aromatic heterocycles. The highest BCUT2D eigenvalue weighted by atomic mass is 35.5. The van der Waals surface area contributed by atoms with Gasteiger partial charge in [0.2, 0.25) is 0 Å². The van der Waals surface area contributed by atoms with E-state index in [1.165, 1.54) is 0 Å². The van der Waals surface area contributed by atoms with E-state index in [9.17, 15) is 0 Å². The molecule has 1 aromatic carbocycles. The molecule has 2 rings (SSSR count). The maximum atomic E-state index is 6.09. The molecule has 0 radical (unpaired) electrons. The Hall–Kier alpha value is -0.765. The molecule has 18 heavy (non-hydrogen) atoms. The number of rotatable bonds is 2. The second-order valence-electron chi connectivity index (χ2n) is 5.51. The van der Waals surface area contributed by atoms with Crippen molar-refractivity contribution in [2.45, 2.75) is 38.9 Å². The molecule has 1 aliphatic rings. The largest absolute Gasteiger partial charge is 0.487 e. The van der Waals surface area contributed by atoms with Gasteiger partial charge in [0.25, 0.3) is 0 Å². The molecule has 0 saturated carbocycles. The van der Waals surface area contributed by atoms with E-state index in [1.807, 2.05) is 64.0 Å². The molecule has 0 spiro atoms. The molecule has 0 bridgehead atoms. The molecule has 4 heteroatoms. The number of halogens is 1. The Morgan fingerprint density at radius 2 is 1.61 bits per heavy atom. The zero-order chi connectivity index (χ0) is 13.4. The van der Waals surface area contributed by atoms with Gasteiger partial charge < -0.3 is 9.31 Å². The summed E-state index contributed by atoms with van der Waals surface area (Å²) in [5.41, 5.74) is 0.360. The highest BCUT2D eigenvalue weighted by molar-refractivity contribution is 6.52. The van der Waals surface area contributed by atoms with Crippen molar-refractivity contribution in [3.63, 3.8) is 0 Å². The average molecular weight is 265 g/mol. The summed E-state index contributed by atoms with van der Waals surface area (Å²) in [4.78, 5) is 0. The topological polar surface area (TPSA) is 18.5 Å². The predicted molar refractivity (Wildman–Crippen MR) is 76.6 cm³/mol. The standard InChI is InChI=1S/C14H18BClO2/c1-13(2)14(3,4)18-15(17-13)10-9-11-7-5-6-8-12(11)16/h5-10H,1-4H3/b10-9+. The Labute approximate surface area is 114 Å². The number of benzene rings is 1. The van der Waals surface area contributed by atoms with E-state index in [0.717, 1.165) is 10.6 Å². The molecule has 1 aromatic rings. The smallest absolute Gasteiger partial charge is 0.400 e. The SMILES string of the molecule is CC1(C)OB(/C=C/c2ccccc2Cl)OC1(C)C. The van der Waals surface area contributed by atoms with E-state index < -0.39 is 0 Å². The lowest BCUT2D eigenvalue weighted by atomic mass is 9.89. The van der Waals surface area contributed by atoms with Crippen LogP contribution in [0.25, 0.3) is 6.08 Å². The van der Waals surface area contributed by atoms with Gasteiger partial charge in [-0.15, -0.1) is 0 Å². The van der Waals surface area contributed by atoms with Crippen LogP contribution < -0.4 is 0 Å². The van der Waals surface area contributed by atoms with Crippen LogP contribution >= 0.6 is 11.6 Å². The molecular weight excluding hydrogens is 246 g/mol. The number of hydrogen-bond donors (Lipinski definition) is 0. The summed E-state index contributed by atoms with van der Waals surface area (Å²) in [5, 5.41) is 0.727. The third kappa shape index (κ3) is 2.63. The lowest BCUT2D eigenvalue weighted by molar-refractivity contribution is 0.00578. The summed E-state index contributed by atoms with van der Waals surface area (Å²) in [6.45, 7) is 8.15. The van der Waals surface area contributed by atoms with E-state index in [4.69, 9.17) is 20.9 Å². The van der Waals surface area contributed by atoms with Crippen molar-refractivity contribution in [3.05, 3.63) is 40.8 Å². The quantitative estimate of drug-likeness (QED) is 0.752. The monoisotopic (exact) mass is 264 g/mol. The van der Waals surface area contributed by atoms with Gasteiger partial charge in [0.05, 0.1) is 11.2 Å². The third-order valence-electron chi connectivity index (χ3n) is 3.61. The average Bonchev–Trinajstić information content (AvgIpc) is 2.46. The van der Waals surface area contributed by atoms with E-state index in [-0.39, 0.29) is 18.3 Å². The van der Waals surface area contributed by atoms with Crippen molar-refractivity contribution in [1.29, 1.82) is 0 Å². The van der Waals surface area contributed by atoms with Crippen molar-refractivity contribution < 1.29 is 9.31 Å². The molecule has 1 saturated heterocycles. The maximum Gasteiger partial charge on any atom is 0.487 e. The van der Waals surface area contributed by atoms with Gasteiger partial charge in [-0.25, -0.2) is 0 Å². The lowest BCUT2D eigenvalue weighted by Gasteiger charge is -2.32. The fourth-order valence-electron chi connectivity index (χ4n) is 1.76. The van der Waals surface area contributed by atoms with Gasteiger partial charge >= 0.3 is 7.12 Å². The minimum atomic E-state index is -0.328. The normalized spacial score (nSPS) is 21.7. The zero-order valence-corrected chi connectivity index (χ0v) is 12.0. The van der Waals surface area contributed by atoms with Crippen LogP contribution in [0.1, 0.15) is 33.3 Å². The minimum absolute atomic E-state index is 0.303. The van der Waals surface area contributed by atoms with Crippen LogP contribution in [-0.4, -0.2) is 18.3 Å². The van der Waals surface area contributed by atoms with Gasteiger partial charge in [-0.05, 0) is 39.3 Å². The molecule has 1 heterocycles. The first-order valence-corrected chi connectivity index (χ1v) is 6.48. The molecule has 1 fully saturated rings. The molecule has 2 nitrogen and oxygen atoms in total. The summed E-state index contributed by atoms with van der Waals surface area (Å²) in [5.74, 6) is 1.90. The Kier molecular flexibility index (Phi) is 3.59. The molecule has 0 atom stereocenters. The lowest BCUT2D eigenvalue weighted by Crippen LogP contribution is -2.41. The Bertz CT molecular complexity index is 453. The van der Waals surface area contributed by atoms with Crippen LogP contribution in [0.5, 0.6) is 0 Å². The van der Waals surface area contributed by atoms with Crippen molar-refractivity contribution in [3.8, 4) is 0 Å². The molecule has 96 valence electrons. The second-order valence-corrected chi connectivity index (χ2v) is 5.91. The first-order valence-electron chi connectivity index (χ1n) is 6.10. The fraction of sp³-hybridized carbons (Fsp3) is 0.429. The predicted octanol–water partition coefficient (Wildman–Crippen LogP) is 3.98. The first-order chi connectivity index (χ1) is 8.32. The van der Waals surface area contributed by atoms with Crippen molar-refractivity contribution in [1.82, 2.24) is 0 Å². The molecule has 0 amide bonds. The molecule has 1 aliphatic heterocycles. The summed E-state index contributed by atoms with van der Waals surface area (Å²) in [6, 6.07) is 7.69. The Morgan fingerprint density at radius 1 is 1.06 bits per heavy atom. The van der Waals surface area contributed by atoms with Crippen LogP contribution in [0.3, 0.4) is 0 Å². The highest BCUT2D eigenvalue weighted by Crippen LogP contribution is 2.37. The van der Waals surface area contributed by atoms with Crippen molar-refractivity contribution in [2.24, 2.45) is 0 Å². The van der Waals surface area contributed by atoms with Gasteiger partial charge in [0.15, 0.2) is 0 Å². The van der Waals surface area contributed by atoms with Crippen LogP contribution in [0.15, 0.2) is 30.2 Å². The number of hydrogen-bond acceptors (Lipinski definition) is 2. The van der Waals surface area contributed by atoms with Crippen LogP contribution in [0.2, 0.25) is 5.02 Å². The summed E-state index contributed by atoms with van der Waals surface area (Å²) < 4.78 is 11.7. The first kappa shape index (κ1) is 13.7. The summed E-state index contributed by atoms with van der Waals surface area (Å²) in [6.07, 6.45) is 1.94. The second kappa shape index (κ2) is 4.73. The summed E-state index contributed by atoms with van der Waals surface area (Å²) >= 11 is 6.09. The van der Waals surface area contributed by atoms with Crippen LogP contribution in [-0.2, 0) is 9.31 Å². The van der Waals surface area contributed by atoms with Crippen molar-refractivity contribution in [2.75, 3.05) is 0 Å². The van der Waals surface area contributed by atoms with Crippen LogP contribution in [0.4, 0.5) is 0 Å². The van der Waals surface area contributed by atoms with E-state index in [1.54, 1.807) is 0 Å². The molecule has 0 N–H and O–H groups in total. The van der Waals surface area contributed by atoms with E-state index in [2.05, 4.69) is 0 Å². The molecule has 0 unspecified atom stereocenters. The third-order valence-corrected chi connectivity index (χ3v) is 3.95. The Balaban J connectivity index is 2.11. The van der Waals surface area contributed by atoms with Gasteiger partial charge in [-0.1, -0.05) is 41.9 Å². The zero-order valence-electron chi connectivity index (χ0n) is 11.2. The minimum Gasteiger partial charge on any atom is -0.400 e. The van der Waals surface area contributed by atoms with Crippen LogP contribution in [0, 0.1) is 0 Å². The van der Waals surface area contributed by atoms with Gasteiger partial charge in [-0.2, -0.15) is 0 Å². The fourth-order valence-corrected chi connectivity index (χ4v) is 1.96. The van der Waals surface area contributed by atoms with E-state index >= 15 is 0 Å². The van der Waals surface area contributed by atoms with E-state index in [0.29, 0.717) is 0 Å². The van der Waals surface area contributed by atoms with Gasteiger partial charge in [0, 0.05) is 5.02 Å². The maximum absolute atomic E-state index is 6.09. The molecule has 0 aliphatic carbocycles. The summed E-state index contributed by atoms with van der Waals surface area (Å²) in [7, 11) is -0.328. The van der Waals surface area contributed by atoms with Crippen molar-refractivity contribution >= 4 is 24.8 Å². The van der Waals surface area contributed by atoms with Gasteiger partial charge in [-0.3, -0.25) is 0 Å². The van der Waals surface area contributed by atoms with Gasteiger partial charge in [0.1, 0.15) is 0 Å².